The van der Waals surface area contributed by atoms with Gasteiger partial charge in [0.15, 0.2) is 5.92 Å². The van der Waals surface area contributed by atoms with Gasteiger partial charge in [-0.3, -0.25) is 9.59 Å². The second-order valence-electron chi connectivity index (χ2n) is 2.44. The number of carbonyl (C=O) groups excluding carboxylic acids is 1. The van der Waals surface area contributed by atoms with Gasteiger partial charge in [-0.15, -0.1) is 0 Å². The first-order valence-electron chi connectivity index (χ1n) is 3.35. The van der Waals surface area contributed by atoms with Crippen molar-refractivity contribution in [2.45, 2.75) is 0 Å². The van der Waals surface area contributed by atoms with Crippen molar-refractivity contribution in [3.05, 3.63) is 11.6 Å². The van der Waals surface area contributed by atoms with Gasteiger partial charge in [-0.1, -0.05) is 0 Å². The summed E-state index contributed by atoms with van der Waals surface area (Å²) in [6.07, 6.45) is 0.896. The molecular formula is C7H6O6. The van der Waals surface area contributed by atoms with Crippen molar-refractivity contribution in [3.8, 4) is 0 Å². The Balaban J connectivity index is 2.89. The van der Waals surface area contributed by atoms with Gasteiger partial charge in [-0.2, -0.15) is 0 Å². The average Bonchev–Trinajstić information content (AvgIpc) is 2.34. The summed E-state index contributed by atoms with van der Waals surface area (Å²) in [4.78, 5) is 31.4. The van der Waals surface area contributed by atoms with Crippen LogP contribution in [0.25, 0.3) is 0 Å². The SMILES string of the molecule is O=C1C=C(C(C(=O)O)C(=O)O)CO1. The number of aliphatic carboxylic acids is 2. The predicted octanol–water partition coefficient (Wildman–Crippen LogP) is -0.745. The maximum absolute atomic E-state index is 10.5. The molecule has 0 spiro atoms. The van der Waals surface area contributed by atoms with Gasteiger partial charge in [0.1, 0.15) is 6.61 Å². The summed E-state index contributed by atoms with van der Waals surface area (Å²) in [5.74, 6) is -5.40. The van der Waals surface area contributed by atoms with E-state index < -0.39 is 23.8 Å². The first-order chi connectivity index (χ1) is 6.02. The standard InChI is InChI=1S/C7H6O6/c8-4-1-3(2-13-4)5(6(9)10)7(11)12/h1,5H,2H2,(H,9,10)(H,11,12). The maximum atomic E-state index is 10.5. The molecule has 0 radical (unpaired) electrons. The summed E-state index contributed by atoms with van der Waals surface area (Å²) in [7, 11) is 0. The fraction of sp³-hybridized carbons (Fsp3) is 0.286. The second-order valence-corrected chi connectivity index (χ2v) is 2.44. The summed E-state index contributed by atoms with van der Waals surface area (Å²) in [6, 6.07) is 0. The number of carboxylic acid groups (broad SMARTS) is 2. The molecule has 0 bridgehead atoms. The fourth-order valence-electron chi connectivity index (χ4n) is 0.979. The first kappa shape index (κ1) is 9.24. The van der Waals surface area contributed by atoms with Crippen LogP contribution in [0, 0.1) is 5.92 Å². The van der Waals surface area contributed by atoms with Crippen LogP contribution in [-0.2, 0) is 19.1 Å². The molecule has 6 heteroatoms. The van der Waals surface area contributed by atoms with Crippen molar-refractivity contribution in [2.24, 2.45) is 5.92 Å². The lowest BCUT2D eigenvalue weighted by molar-refractivity contribution is -0.153. The Kier molecular flexibility index (Phi) is 2.32. The number of carboxylic acids is 2. The minimum atomic E-state index is -1.69. The molecule has 0 saturated heterocycles. The van der Waals surface area contributed by atoms with Crippen LogP contribution in [0.5, 0.6) is 0 Å². The van der Waals surface area contributed by atoms with E-state index >= 15 is 0 Å². The van der Waals surface area contributed by atoms with Crippen molar-refractivity contribution in [2.75, 3.05) is 6.61 Å². The molecule has 6 nitrogen and oxygen atoms in total. The van der Waals surface area contributed by atoms with E-state index in [1.165, 1.54) is 0 Å². The zero-order chi connectivity index (χ0) is 10.0. The van der Waals surface area contributed by atoms with Crippen LogP contribution in [-0.4, -0.2) is 34.7 Å². The molecule has 0 saturated carbocycles. The lowest BCUT2D eigenvalue weighted by atomic mass is 10.0. The molecular weight excluding hydrogens is 180 g/mol. The molecule has 1 heterocycles. The highest BCUT2D eigenvalue weighted by Crippen LogP contribution is 2.17. The van der Waals surface area contributed by atoms with Crippen LogP contribution in [0.2, 0.25) is 0 Å². The Morgan fingerprint density at radius 2 is 1.92 bits per heavy atom. The van der Waals surface area contributed by atoms with Crippen LogP contribution >= 0.6 is 0 Å². The monoisotopic (exact) mass is 186 g/mol. The van der Waals surface area contributed by atoms with Crippen molar-refractivity contribution in [1.29, 1.82) is 0 Å². The molecule has 1 rings (SSSR count). The van der Waals surface area contributed by atoms with E-state index in [1.54, 1.807) is 0 Å². The lowest BCUT2D eigenvalue weighted by Crippen LogP contribution is -2.26. The van der Waals surface area contributed by atoms with Gasteiger partial charge in [0.25, 0.3) is 0 Å². The number of esters is 1. The quantitative estimate of drug-likeness (QED) is 0.444. The summed E-state index contributed by atoms with van der Waals surface area (Å²) in [5, 5.41) is 17.0. The molecule has 1 aliphatic rings. The van der Waals surface area contributed by atoms with Gasteiger partial charge in [-0.25, -0.2) is 4.79 Å². The van der Waals surface area contributed by atoms with Crippen molar-refractivity contribution in [1.82, 2.24) is 0 Å². The third-order valence-corrected chi connectivity index (χ3v) is 1.55. The largest absolute Gasteiger partial charge is 0.480 e. The topological polar surface area (TPSA) is 101 Å². The number of hydrogen-bond donors (Lipinski definition) is 2. The fourth-order valence-corrected chi connectivity index (χ4v) is 0.979. The van der Waals surface area contributed by atoms with E-state index in [9.17, 15) is 14.4 Å². The molecule has 1 aliphatic heterocycles. The summed E-state index contributed by atoms with van der Waals surface area (Å²) in [6.45, 7) is -0.262. The zero-order valence-electron chi connectivity index (χ0n) is 6.39. The van der Waals surface area contributed by atoms with E-state index in [-0.39, 0.29) is 12.2 Å². The molecule has 0 fully saturated rings. The van der Waals surface area contributed by atoms with Crippen LogP contribution in [0.4, 0.5) is 0 Å². The molecule has 0 aromatic rings. The number of cyclic esters (lactones) is 1. The third-order valence-electron chi connectivity index (χ3n) is 1.55. The highest BCUT2D eigenvalue weighted by molar-refractivity contribution is 5.99. The molecule has 0 atom stereocenters. The molecule has 13 heavy (non-hydrogen) atoms. The Hall–Kier alpha value is -1.85. The summed E-state index contributed by atoms with van der Waals surface area (Å²) < 4.78 is 4.39. The molecule has 0 aliphatic carbocycles. The van der Waals surface area contributed by atoms with E-state index in [1.807, 2.05) is 0 Å². The van der Waals surface area contributed by atoms with Crippen molar-refractivity contribution in [3.63, 3.8) is 0 Å². The predicted molar refractivity (Wildman–Crippen MR) is 37.8 cm³/mol. The lowest BCUT2D eigenvalue weighted by Gasteiger charge is -2.05. The Labute approximate surface area is 72.4 Å². The highest BCUT2D eigenvalue weighted by atomic mass is 16.5. The molecule has 0 aromatic carbocycles. The number of hydrogen-bond acceptors (Lipinski definition) is 4. The Morgan fingerprint density at radius 3 is 2.23 bits per heavy atom. The van der Waals surface area contributed by atoms with E-state index in [0.717, 1.165) is 6.08 Å². The van der Waals surface area contributed by atoms with Crippen molar-refractivity contribution >= 4 is 17.9 Å². The second kappa shape index (κ2) is 3.26. The average molecular weight is 186 g/mol. The van der Waals surface area contributed by atoms with E-state index in [4.69, 9.17) is 10.2 Å². The molecule has 0 unspecified atom stereocenters. The minimum absolute atomic E-state index is 0.0370. The first-order valence-corrected chi connectivity index (χ1v) is 3.35. The number of carbonyl (C=O) groups is 3. The van der Waals surface area contributed by atoms with Gasteiger partial charge in [0.2, 0.25) is 0 Å². The van der Waals surface area contributed by atoms with Crippen molar-refractivity contribution < 1.29 is 29.3 Å². The van der Waals surface area contributed by atoms with E-state index in [2.05, 4.69) is 4.74 Å². The van der Waals surface area contributed by atoms with Crippen LogP contribution in [0.1, 0.15) is 0 Å². The third kappa shape index (κ3) is 1.84. The zero-order valence-corrected chi connectivity index (χ0v) is 6.39. The van der Waals surface area contributed by atoms with Crippen LogP contribution < -0.4 is 0 Å². The minimum Gasteiger partial charge on any atom is -0.480 e. The Morgan fingerprint density at radius 1 is 1.38 bits per heavy atom. The number of rotatable bonds is 3. The maximum Gasteiger partial charge on any atom is 0.331 e. The smallest absolute Gasteiger partial charge is 0.331 e. The summed E-state index contributed by atoms with van der Waals surface area (Å²) >= 11 is 0. The molecule has 2 N–H and O–H groups in total. The molecule has 0 aromatic heterocycles. The Bertz CT molecular complexity index is 288. The normalized spacial score (nSPS) is 15.5. The van der Waals surface area contributed by atoms with Gasteiger partial charge < -0.3 is 14.9 Å². The van der Waals surface area contributed by atoms with Gasteiger partial charge in [-0.05, 0) is 5.57 Å². The van der Waals surface area contributed by atoms with Gasteiger partial charge in [0, 0.05) is 6.08 Å². The molecule has 0 amide bonds. The van der Waals surface area contributed by atoms with Gasteiger partial charge >= 0.3 is 17.9 Å². The van der Waals surface area contributed by atoms with Crippen LogP contribution in [0.3, 0.4) is 0 Å². The number of ether oxygens (including phenoxy) is 1. The van der Waals surface area contributed by atoms with E-state index in [0.29, 0.717) is 0 Å². The highest BCUT2D eigenvalue weighted by Gasteiger charge is 2.33. The molecule has 70 valence electrons. The summed E-state index contributed by atoms with van der Waals surface area (Å²) in [5.41, 5.74) is -0.0370. The van der Waals surface area contributed by atoms with Crippen LogP contribution in [0.15, 0.2) is 11.6 Å². The van der Waals surface area contributed by atoms with Gasteiger partial charge in [0.05, 0.1) is 0 Å².